The van der Waals surface area contributed by atoms with Crippen LogP contribution in [0.1, 0.15) is 38.5 Å². The Labute approximate surface area is 181 Å². The minimum Gasteiger partial charge on any atom is -0.367 e. The number of likely N-dealkylation sites (N-methyl/N-ethyl adjacent to an activating group) is 1. The van der Waals surface area contributed by atoms with Gasteiger partial charge in [0.2, 0.25) is 5.91 Å². The SMILES string of the molecule is CN(CC(=O)N1CCCC1)C1CCC(Nc2ncnc3sc4ccccc4c23)CC1. The summed E-state index contributed by atoms with van der Waals surface area (Å²) in [5, 5.41) is 6.09. The van der Waals surface area contributed by atoms with E-state index in [1.54, 1.807) is 17.7 Å². The number of amides is 1. The van der Waals surface area contributed by atoms with E-state index >= 15 is 0 Å². The van der Waals surface area contributed by atoms with Crippen molar-refractivity contribution in [2.24, 2.45) is 0 Å². The van der Waals surface area contributed by atoms with E-state index in [0.717, 1.165) is 67.6 Å². The number of thiophene rings is 1. The van der Waals surface area contributed by atoms with Crippen molar-refractivity contribution in [2.45, 2.75) is 50.6 Å². The number of aromatic nitrogens is 2. The fourth-order valence-corrected chi connectivity index (χ4v) is 5.97. The van der Waals surface area contributed by atoms with Gasteiger partial charge in [0, 0.05) is 35.3 Å². The third-order valence-electron chi connectivity index (χ3n) is 6.68. The van der Waals surface area contributed by atoms with Gasteiger partial charge in [-0.2, -0.15) is 0 Å². The number of carbonyl (C=O) groups is 1. The Morgan fingerprint density at radius 3 is 2.73 bits per heavy atom. The first-order valence-corrected chi connectivity index (χ1v) is 11.9. The molecule has 1 aliphatic heterocycles. The van der Waals surface area contributed by atoms with Gasteiger partial charge in [0.05, 0.1) is 11.9 Å². The van der Waals surface area contributed by atoms with E-state index in [0.29, 0.717) is 24.5 Å². The molecule has 30 heavy (non-hydrogen) atoms. The van der Waals surface area contributed by atoms with Crippen molar-refractivity contribution in [3.63, 3.8) is 0 Å². The zero-order valence-corrected chi connectivity index (χ0v) is 18.3. The predicted octanol–water partition coefficient (Wildman–Crippen LogP) is 4.12. The molecule has 0 atom stereocenters. The molecule has 1 aliphatic carbocycles. The molecule has 2 fully saturated rings. The molecule has 0 unspecified atom stereocenters. The molecule has 7 heteroatoms. The molecule has 2 aromatic heterocycles. The van der Waals surface area contributed by atoms with Crippen LogP contribution in [0.2, 0.25) is 0 Å². The van der Waals surface area contributed by atoms with E-state index < -0.39 is 0 Å². The average molecular weight is 424 g/mol. The van der Waals surface area contributed by atoms with E-state index in [2.05, 4.69) is 51.5 Å². The van der Waals surface area contributed by atoms with Crippen molar-refractivity contribution in [2.75, 3.05) is 32.0 Å². The molecule has 1 amide bonds. The molecule has 6 nitrogen and oxygen atoms in total. The summed E-state index contributed by atoms with van der Waals surface area (Å²) >= 11 is 1.72. The summed E-state index contributed by atoms with van der Waals surface area (Å²) < 4.78 is 1.25. The molecule has 0 bridgehead atoms. The van der Waals surface area contributed by atoms with Crippen LogP contribution in [0, 0.1) is 0 Å². The fraction of sp³-hybridized carbons (Fsp3) is 0.522. The molecule has 0 spiro atoms. The summed E-state index contributed by atoms with van der Waals surface area (Å²) in [4.78, 5) is 26.9. The minimum absolute atomic E-state index is 0.294. The van der Waals surface area contributed by atoms with Crippen LogP contribution in [-0.4, -0.2) is 64.4 Å². The lowest BCUT2D eigenvalue weighted by Crippen LogP contribution is -2.44. The Morgan fingerprint density at radius 2 is 1.93 bits per heavy atom. The van der Waals surface area contributed by atoms with Gasteiger partial charge in [0.15, 0.2) is 0 Å². The van der Waals surface area contributed by atoms with Crippen LogP contribution < -0.4 is 5.32 Å². The molecule has 2 aliphatic rings. The molecule has 3 heterocycles. The van der Waals surface area contributed by atoms with Gasteiger partial charge in [0.25, 0.3) is 0 Å². The van der Waals surface area contributed by atoms with E-state index in [-0.39, 0.29) is 0 Å². The van der Waals surface area contributed by atoms with E-state index in [1.165, 1.54) is 10.1 Å². The third-order valence-corrected chi connectivity index (χ3v) is 7.76. The smallest absolute Gasteiger partial charge is 0.236 e. The molecular weight excluding hydrogens is 394 g/mol. The standard InChI is InChI=1S/C23H29N5OS/c1-27(14-20(29)28-12-4-5-13-28)17-10-8-16(9-11-17)26-22-21-18-6-2-3-7-19(18)30-23(21)25-15-24-22/h2-3,6-7,15-17H,4-5,8-14H2,1H3,(H,24,25,26). The highest BCUT2D eigenvalue weighted by Gasteiger charge is 2.27. The van der Waals surface area contributed by atoms with Crippen LogP contribution in [0.4, 0.5) is 5.82 Å². The highest BCUT2D eigenvalue weighted by Crippen LogP contribution is 2.36. The molecular formula is C23H29N5OS. The van der Waals surface area contributed by atoms with Crippen molar-refractivity contribution in [3.05, 3.63) is 30.6 Å². The van der Waals surface area contributed by atoms with E-state index in [1.807, 2.05) is 4.90 Å². The Morgan fingerprint density at radius 1 is 1.17 bits per heavy atom. The summed E-state index contributed by atoms with van der Waals surface area (Å²) in [6, 6.07) is 9.37. The number of benzene rings is 1. The number of fused-ring (bicyclic) bond motifs is 3. The summed E-state index contributed by atoms with van der Waals surface area (Å²) in [6.07, 6.45) is 8.40. The van der Waals surface area contributed by atoms with Gasteiger partial charge in [-0.3, -0.25) is 9.69 Å². The first-order valence-electron chi connectivity index (χ1n) is 11.1. The van der Waals surface area contributed by atoms with Crippen molar-refractivity contribution >= 4 is 43.4 Å². The zero-order chi connectivity index (χ0) is 20.5. The van der Waals surface area contributed by atoms with Gasteiger partial charge in [-0.25, -0.2) is 9.97 Å². The minimum atomic E-state index is 0.294. The van der Waals surface area contributed by atoms with Crippen LogP contribution in [0.3, 0.4) is 0 Å². The van der Waals surface area contributed by atoms with Gasteiger partial charge in [0.1, 0.15) is 17.0 Å². The van der Waals surface area contributed by atoms with Crippen molar-refractivity contribution in [1.82, 2.24) is 19.8 Å². The molecule has 1 aromatic carbocycles. The van der Waals surface area contributed by atoms with Gasteiger partial charge >= 0.3 is 0 Å². The average Bonchev–Trinajstić information content (AvgIpc) is 3.43. The fourth-order valence-electron chi connectivity index (χ4n) is 4.93. The highest BCUT2D eigenvalue weighted by atomic mass is 32.1. The Hall–Kier alpha value is -2.25. The Bertz CT molecular complexity index is 1040. The Kier molecular flexibility index (Phi) is 5.56. The van der Waals surface area contributed by atoms with Crippen molar-refractivity contribution in [1.29, 1.82) is 0 Å². The number of likely N-dealkylation sites (tertiary alicyclic amines) is 1. The van der Waals surface area contributed by atoms with Crippen molar-refractivity contribution < 1.29 is 4.79 Å². The van der Waals surface area contributed by atoms with Crippen molar-refractivity contribution in [3.8, 4) is 0 Å². The first kappa shape index (κ1) is 19.7. The van der Waals surface area contributed by atoms with Crippen LogP contribution in [0.15, 0.2) is 30.6 Å². The number of nitrogens with one attached hydrogen (secondary N) is 1. The third kappa shape index (κ3) is 3.88. The maximum atomic E-state index is 12.5. The summed E-state index contributed by atoms with van der Waals surface area (Å²) in [7, 11) is 2.11. The topological polar surface area (TPSA) is 61.4 Å². The maximum absolute atomic E-state index is 12.5. The van der Waals surface area contributed by atoms with Gasteiger partial charge < -0.3 is 10.2 Å². The predicted molar refractivity (Wildman–Crippen MR) is 123 cm³/mol. The molecule has 1 saturated heterocycles. The largest absolute Gasteiger partial charge is 0.367 e. The van der Waals surface area contributed by atoms with E-state index in [9.17, 15) is 4.79 Å². The molecule has 0 radical (unpaired) electrons. The number of carbonyl (C=O) groups excluding carboxylic acids is 1. The number of nitrogens with zero attached hydrogens (tertiary/aromatic N) is 4. The Balaban J connectivity index is 1.22. The lowest BCUT2D eigenvalue weighted by atomic mass is 9.90. The first-order chi connectivity index (χ1) is 14.7. The van der Waals surface area contributed by atoms with Crippen LogP contribution >= 0.6 is 11.3 Å². The molecule has 158 valence electrons. The monoisotopic (exact) mass is 423 g/mol. The molecule has 3 aromatic rings. The summed E-state index contributed by atoms with van der Waals surface area (Å²) in [5.41, 5.74) is 0. The highest BCUT2D eigenvalue weighted by molar-refractivity contribution is 7.25. The van der Waals surface area contributed by atoms with Gasteiger partial charge in [-0.15, -0.1) is 11.3 Å². The van der Waals surface area contributed by atoms with Gasteiger partial charge in [-0.05, 0) is 51.6 Å². The molecule has 5 rings (SSSR count). The summed E-state index contributed by atoms with van der Waals surface area (Å²) in [5.74, 6) is 1.25. The number of hydrogen-bond acceptors (Lipinski definition) is 6. The van der Waals surface area contributed by atoms with Crippen LogP contribution in [0.5, 0.6) is 0 Å². The second-order valence-electron chi connectivity index (χ2n) is 8.65. The lowest BCUT2D eigenvalue weighted by molar-refractivity contribution is -0.131. The van der Waals surface area contributed by atoms with Crippen LogP contribution in [0.25, 0.3) is 20.3 Å². The lowest BCUT2D eigenvalue weighted by Gasteiger charge is -2.35. The normalized spacial score (nSPS) is 22.3. The molecule has 1 saturated carbocycles. The van der Waals surface area contributed by atoms with Crippen LogP contribution in [-0.2, 0) is 4.79 Å². The zero-order valence-electron chi connectivity index (χ0n) is 17.5. The second kappa shape index (κ2) is 8.47. The summed E-state index contributed by atoms with van der Waals surface area (Å²) in [6.45, 7) is 2.43. The maximum Gasteiger partial charge on any atom is 0.236 e. The number of anilines is 1. The van der Waals surface area contributed by atoms with Gasteiger partial charge in [-0.1, -0.05) is 18.2 Å². The number of rotatable bonds is 5. The quantitative estimate of drug-likeness (QED) is 0.669. The number of hydrogen-bond donors (Lipinski definition) is 1. The second-order valence-corrected chi connectivity index (χ2v) is 9.68. The molecule has 1 N–H and O–H groups in total. The van der Waals surface area contributed by atoms with E-state index in [4.69, 9.17) is 0 Å².